The van der Waals surface area contributed by atoms with Gasteiger partial charge in [-0.3, -0.25) is 9.59 Å². The van der Waals surface area contributed by atoms with Gasteiger partial charge in [0, 0.05) is 13.1 Å². The summed E-state index contributed by atoms with van der Waals surface area (Å²) in [5, 5.41) is 5.18. The van der Waals surface area contributed by atoms with Crippen LogP contribution in [-0.2, 0) is 16.0 Å². The average molecular weight is 308 g/mol. The summed E-state index contributed by atoms with van der Waals surface area (Å²) in [5.41, 5.74) is 0.990. The zero-order valence-electron chi connectivity index (χ0n) is 13.4. The molecular formula is C16H24N2O4. The highest BCUT2D eigenvalue weighted by molar-refractivity contribution is 6.35. The van der Waals surface area contributed by atoms with Gasteiger partial charge in [-0.15, -0.1) is 0 Å². The Bertz CT molecular complexity index is 503. The normalized spacial score (nSPS) is 9.95. The lowest BCUT2D eigenvalue weighted by Gasteiger charge is -2.10. The van der Waals surface area contributed by atoms with Crippen LogP contribution in [0.5, 0.6) is 11.5 Å². The molecule has 2 amide bonds. The zero-order valence-corrected chi connectivity index (χ0v) is 13.4. The number of methoxy groups -OCH3 is 2. The van der Waals surface area contributed by atoms with E-state index >= 15 is 0 Å². The number of rotatable bonds is 8. The van der Waals surface area contributed by atoms with Gasteiger partial charge in [0.05, 0.1) is 14.2 Å². The first-order valence-electron chi connectivity index (χ1n) is 7.39. The van der Waals surface area contributed by atoms with Crippen LogP contribution < -0.4 is 20.1 Å². The standard InChI is InChI=1S/C16H24N2O4/c1-4-5-9-17-15(19)16(20)18-10-8-12-6-7-13(21-2)14(11-12)22-3/h6-7,11H,4-5,8-10H2,1-3H3,(H,17,19)(H,18,20). The van der Waals surface area contributed by atoms with Crippen molar-refractivity contribution in [2.75, 3.05) is 27.3 Å². The summed E-state index contributed by atoms with van der Waals surface area (Å²) < 4.78 is 10.4. The van der Waals surface area contributed by atoms with E-state index in [0.717, 1.165) is 18.4 Å². The average Bonchev–Trinajstić information content (AvgIpc) is 2.54. The lowest BCUT2D eigenvalue weighted by atomic mass is 10.1. The quantitative estimate of drug-likeness (QED) is 0.560. The lowest BCUT2D eigenvalue weighted by Crippen LogP contribution is -2.40. The molecule has 2 N–H and O–H groups in total. The van der Waals surface area contributed by atoms with Crippen molar-refractivity contribution in [1.82, 2.24) is 10.6 Å². The van der Waals surface area contributed by atoms with Crippen LogP contribution in [0.15, 0.2) is 18.2 Å². The van der Waals surface area contributed by atoms with Gasteiger partial charge in [0.15, 0.2) is 11.5 Å². The summed E-state index contributed by atoms with van der Waals surface area (Å²) in [4.78, 5) is 23.1. The van der Waals surface area contributed by atoms with Crippen molar-refractivity contribution in [2.24, 2.45) is 0 Å². The topological polar surface area (TPSA) is 76.7 Å². The third kappa shape index (κ3) is 5.63. The maximum Gasteiger partial charge on any atom is 0.309 e. The van der Waals surface area contributed by atoms with Crippen molar-refractivity contribution in [1.29, 1.82) is 0 Å². The van der Waals surface area contributed by atoms with Crippen LogP contribution in [0.4, 0.5) is 0 Å². The Morgan fingerprint density at radius 1 is 1.00 bits per heavy atom. The number of carbonyl (C=O) groups excluding carboxylic acids is 2. The Hall–Kier alpha value is -2.24. The van der Waals surface area contributed by atoms with E-state index < -0.39 is 11.8 Å². The van der Waals surface area contributed by atoms with E-state index in [9.17, 15) is 9.59 Å². The van der Waals surface area contributed by atoms with Gasteiger partial charge in [0.1, 0.15) is 0 Å². The van der Waals surface area contributed by atoms with E-state index in [1.807, 2.05) is 25.1 Å². The van der Waals surface area contributed by atoms with Gasteiger partial charge in [-0.1, -0.05) is 19.4 Å². The van der Waals surface area contributed by atoms with Crippen molar-refractivity contribution >= 4 is 11.8 Å². The Labute approximate surface area is 131 Å². The largest absolute Gasteiger partial charge is 0.493 e. The zero-order chi connectivity index (χ0) is 16.4. The highest BCUT2D eigenvalue weighted by Crippen LogP contribution is 2.27. The predicted octanol–water partition coefficient (Wildman–Crippen LogP) is 1.28. The minimum Gasteiger partial charge on any atom is -0.493 e. The third-order valence-electron chi connectivity index (χ3n) is 3.17. The maximum atomic E-state index is 11.6. The maximum absolute atomic E-state index is 11.6. The number of amides is 2. The molecule has 1 rings (SSSR count). The third-order valence-corrected chi connectivity index (χ3v) is 3.17. The summed E-state index contributed by atoms with van der Waals surface area (Å²) in [6.07, 6.45) is 2.44. The Morgan fingerprint density at radius 3 is 2.23 bits per heavy atom. The summed E-state index contributed by atoms with van der Waals surface area (Å²) in [6, 6.07) is 5.56. The number of nitrogens with one attached hydrogen (secondary N) is 2. The molecule has 0 heterocycles. The molecule has 0 bridgehead atoms. The molecule has 0 aliphatic heterocycles. The molecule has 0 atom stereocenters. The molecule has 0 aromatic heterocycles. The first-order chi connectivity index (χ1) is 10.6. The number of hydrogen-bond acceptors (Lipinski definition) is 4. The van der Waals surface area contributed by atoms with Crippen LogP contribution in [0, 0.1) is 0 Å². The first-order valence-corrected chi connectivity index (χ1v) is 7.39. The number of hydrogen-bond donors (Lipinski definition) is 2. The molecule has 0 unspecified atom stereocenters. The van der Waals surface area contributed by atoms with Crippen LogP contribution in [-0.4, -0.2) is 39.1 Å². The van der Waals surface area contributed by atoms with Crippen molar-refractivity contribution in [3.63, 3.8) is 0 Å². The fraction of sp³-hybridized carbons (Fsp3) is 0.500. The molecule has 1 aromatic rings. The van der Waals surface area contributed by atoms with Crippen molar-refractivity contribution < 1.29 is 19.1 Å². The van der Waals surface area contributed by atoms with Crippen molar-refractivity contribution in [3.8, 4) is 11.5 Å². The molecule has 22 heavy (non-hydrogen) atoms. The van der Waals surface area contributed by atoms with Gasteiger partial charge in [0.25, 0.3) is 0 Å². The second kappa shape index (κ2) is 9.65. The minimum absolute atomic E-state index is 0.384. The van der Waals surface area contributed by atoms with Gasteiger partial charge < -0.3 is 20.1 Å². The van der Waals surface area contributed by atoms with Crippen molar-refractivity contribution in [2.45, 2.75) is 26.2 Å². The van der Waals surface area contributed by atoms with Gasteiger partial charge in [-0.05, 0) is 30.5 Å². The molecule has 0 aliphatic carbocycles. The van der Waals surface area contributed by atoms with E-state index in [1.165, 1.54) is 0 Å². The monoisotopic (exact) mass is 308 g/mol. The molecule has 1 aromatic carbocycles. The molecule has 0 aliphatic rings. The number of benzene rings is 1. The van der Waals surface area contributed by atoms with E-state index in [0.29, 0.717) is 31.0 Å². The van der Waals surface area contributed by atoms with E-state index in [1.54, 1.807) is 14.2 Å². The molecule has 0 saturated heterocycles. The van der Waals surface area contributed by atoms with Gasteiger partial charge in [-0.25, -0.2) is 0 Å². The SMILES string of the molecule is CCCCNC(=O)C(=O)NCCc1ccc(OC)c(OC)c1. The molecule has 0 radical (unpaired) electrons. The minimum atomic E-state index is -0.600. The second-order valence-corrected chi connectivity index (χ2v) is 4.80. The fourth-order valence-electron chi connectivity index (χ4n) is 1.90. The lowest BCUT2D eigenvalue weighted by molar-refractivity contribution is -0.139. The van der Waals surface area contributed by atoms with E-state index in [4.69, 9.17) is 9.47 Å². The van der Waals surface area contributed by atoms with Gasteiger partial charge >= 0.3 is 11.8 Å². The molecule has 6 heteroatoms. The first kappa shape index (κ1) is 17.8. The molecule has 0 saturated carbocycles. The summed E-state index contributed by atoms with van der Waals surface area (Å²) in [7, 11) is 3.15. The van der Waals surface area contributed by atoms with Crippen LogP contribution in [0.2, 0.25) is 0 Å². The highest BCUT2D eigenvalue weighted by atomic mass is 16.5. The van der Waals surface area contributed by atoms with E-state index in [-0.39, 0.29) is 0 Å². The number of carbonyl (C=O) groups is 2. The van der Waals surface area contributed by atoms with Crippen LogP contribution in [0.3, 0.4) is 0 Å². The predicted molar refractivity (Wildman–Crippen MR) is 84.2 cm³/mol. The van der Waals surface area contributed by atoms with E-state index in [2.05, 4.69) is 10.6 Å². The van der Waals surface area contributed by atoms with Crippen molar-refractivity contribution in [3.05, 3.63) is 23.8 Å². The Balaban J connectivity index is 2.40. The summed E-state index contributed by atoms with van der Waals surface area (Å²) >= 11 is 0. The second-order valence-electron chi connectivity index (χ2n) is 4.80. The van der Waals surface area contributed by atoms with Gasteiger partial charge in [-0.2, -0.15) is 0 Å². The molecule has 0 spiro atoms. The highest BCUT2D eigenvalue weighted by Gasteiger charge is 2.12. The fourth-order valence-corrected chi connectivity index (χ4v) is 1.90. The molecule has 122 valence electrons. The Morgan fingerprint density at radius 2 is 1.64 bits per heavy atom. The molecule has 6 nitrogen and oxygen atoms in total. The molecular weight excluding hydrogens is 284 g/mol. The van der Waals surface area contributed by atoms with Crippen LogP contribution >= 0.6 is 0 Å². The van der Waals surface area contributed by atoms with Crippen LogP contribution in [0.1, 0.15) is 25.3 Å². The van der Waals surface area contributed by atoms with Gasteiger partial charge in [0.2, 0.25) is 0 Å². The molecule has 0 fully saturated rings. The summed E-state index contributed by atoms with van der Waals surface area (Å²) in [5.74, 6) is 0.117. The smallest absolute Gasteiger partial charge is 0.309 e. The summed E-state index contributed by atoms with van der Waals surface area (Å²) in [6.45, 7) is 2.93. The number of ether oxygens (including phenoxy) is 2. The Kier molecular flexibility index (Phi) is 7.81. The number of unbranched alkanes of at least 4 members (excludes halogenated alkanes) is 1. The van der Waals surface area contributed by atoms with Crippen LogP contribution in [0.25, 0.3) is 0 Å².